The van der Waals surface area contributed by atoms with E-state index in [9.17, 15) is 24.6 Å². The Morgan fingerprint density at radius 2 is 1.67 bits per heavy atom. The summed E-state index contributed by atoms with van der Waals surface area (Å²) in [7, 11) is 0.994. The number of nitrogens with zero attached hydrogens (tertiary/aromatic N) is 1. The SMILES string of the molecule is COC(=O)[C@]1(O)C(=C(O)c2ccc(Cl)cc2)C(=O)C(=O)N1c1ccccc1. The molecule has 0 unspecified atom stereocenters. The molecule has 2 aromatic rings. The zero-order valence-corrected chi connectivity index (χ0v) is 14.8. The maximum atomic E-state index is 12.6. The molecule has 1 aliphatic heterocycles. The summed E-state index contributed by atoms with van der Waals surface area (Å²) in [6.45, 7) is 0. The molecule has 3 rings (SSSR count). The number of anilines is 1. The highest BCUT2D eigenvalue weighted by molar-refractivity contribution is 6.54. The molecule has 2 aromatic carbocycles. The number of carbonyl (C=O) groups is 3. The number of halogens is 1. The van der Waals surface area contributed by atoms with Crippen molar-refractivity contribution in [3.63, 3.8) is 0 Å². The summed E-state index contributed by atoms with van der Waals surface area (Å²) in [5, 5.41) is 22.1. The van der Waals surface area contributed by atoms with E-state index < -0.39 is 34.7 Å². The lowest BCUT2D eigenvalue weighted by atomic mass is 9.97. The monoisotopic (exact) mass is 387 g/mol. The molecular weight excluding hydrogens is 374 g/mol. The lowest BCUT2D eigenvalue weighted by Gasteiger charge is -2.30. The fourth-order valence-electron chi connectivity index (χ4n) is 2.87. The second-order valence-corrected chi connectivity index (χ2v) is 6.14. The summed E-state index contributed by atoms with van der Waals surface area (Å²) in [6.07, 6.45) is 0. The van der Waals surface area contributed by atoms with Crippen LogP contribution in [0.1, 0.15) is 5.56 Å². The highest BCUT2D eigenvalue weighted by atomic mass is 35.5. The zero-order valence-electron chi connectivity index (χ0n) is 14.0. The number of benzene rings is 2. The minimum absolute atomic E-state index is 0.0858. The van der Waals surface area contributed by atoms with E-state index in [1.165, 1.54) is 36.4 Å². The zero-order chi connectivity index (χ0) is 19.8. The topological polar surface area (TPSA) is 104 Å². The molecule has 1 amide bonds. The van der Waals surface area contributed by atoms with Gasteiger partial charge in [-0.2, -0.15) is 0 Å². The standard InChI is InChI=1S/C19H14ClNO6/c1-27-18(25)19(26)14(15(22)11-7-9-12(20)10-8-11)16(23)17(24)21(19)13-5-3-2-4-6-13/h2-10,22,26H,1H3/t19-/m1/s1. The van der Waals surface area contributed by atoms with Crippen molar-refractivity contribution in [2.45, 2.75) is 5.72 Å². The van der Waals surface area contributed by atoms with Gasteiger partial charge in [-0.1, -0.05) is 29.8 Å². The van der Waals surface area contributed by atoms with Crippen molar-refractivity contribution in [3.8, 4) is 0 Å². The Hall–Kier alpha value is -3.16. The number of esters is 1. The molecule has 0 spiro atoms. The molecule has 0 aromatic heterocycles. The van der Waals surface area contributed by atoms with Crippen molar-refractivity contribution in [3.05, 3.63) is 70.8 Å². The minimum Gasteiger partial charge on any atom is -0.507 e. The van der Waals surface area contributed by atoms with Gasteiger partial charge in [0.2, 0.25) is 0 Å². The highest BCUT2D eigenvalue weighted by Gasteiger charge is 2.62. The van der Waals surface area contributed by atoms with Crippen LogP contribution in [0.15, 0.2) is 60.2 Å². The van der Waals surface area contributed by atoms with Gasteiger partial charge in [-0.15, -0.1) is 0 Å². The van der Waals surface area contributed by atoms with Gasteiger partial charge in [-0.05, 0) is 36.4 Å². The van der Waals surface area contributed by atoms with E-state index in [0.717, 1.165) is 7.11 Å². The molecule has 1 heterocycles. The van der Waals surface area contributed by atoms with Crippen molar-refractivity contribution >= 4 is 40.7 Å². The Kier molecular flexibility index (Phi) is 4.73. The molecule has 138 valence electrons. The third-order valence-electron chi connectivity index (χ3n) is 4.14. The van der Waals surface area contributed by atoms with Crippen LogP contribution in [0.4, 0.5) is 5.69 Å². The summed E-state index contributed by atoms with van der Waals surface area (Å²) in [5.41, 5.74) is -3.44. The Morgan fingerprint density at radius 1 is 1.07 bits per heavy atom. The normalized spacial score (nSPS) is 21.4. The van der Waals surface area contributed by atoms with Crippen molar-refractivity contribution < 1.29 is 29.3 Å². The van der Waals surface area contributed by atoms with Crippen LogP contribution in [0.2, 0.25) is 5.02 Å². The lowest BCUT2D eigenvalue weighted by molar-refractivity contribution is -0.158. The molecule has 1 atom stereocenters. The maximum Gasteiger partial charge on any atom is 0.365 e. The molecule has 2 N–H and O–H groups in total. The molecule has 0 bridgehead atoms. The first-order chi connectivity index (χ1) is 12.8. The Morgan fingerprint density at radius 3 is 2.22 bits per heavy atom. The third kappa shape index (κ3) is 2.87. The summed E-state index contributed by atoms with van der Waals surface area (Å²) in [6, 6.07) is 13.3. The molecule has 7 nitrogen and oxygen atoms in total. The van der Waals surface area contributed by atoms with Gasteiger partial charge in [0, 0.05) is 16.3 Å². The van der Waals surface area contributed by atoms with Gasteiger partial charge in [-0.3, -0.25) is 14.5 Å². The molecule has 1 aliphatic rings. The molecular formula is C19H14ClNO6. The van der Waals surface area contributed by atoms with E-state index in [-0.39, 0.29) is 11.3 Å². The number of hydrogen-bond acceptors (Lipinski definition) is 6. The van der Waals surface area contributed by atoms with E-state index in [1.54, 1.807) is 18.2 Å². The number of hydrogen-bond donors (Lipinski definition) is 2. The summed E-state index contributed by atoms with van der Waals surface area (Å²) < 4.78 is 4.62. The average Bonchev–Trinajstić information content (AvgIpc) is 2.88. The van der Waals surface area contributed by atoms with Gasteiger partial charge in [0.05, 0.1) is 7.11 Å². The fraction of sp³-hybridized carbons (Fsp3) is 0.105. The number of ketones is 1. The van der Waals surface area contributed by atoms with Crippen LogP contribution >= 0.6 is 11.6 Å². The van der Waals surface area contributed by atoms with Crippen molar-refractivity contribution in [2.75, 3.05) is 12.0 Å². The van der Waals surface area contributed by atoms with Crippen LogP contribution < -0.4 is 4.90 Å². The van der Waals surface area contributed by atoms with E-state index in [1.807, 2.05) is 0 Å². The molecule has 0 saturated carbocycles. The van der Waals surface area contributed by atoms with Gasteiger partial charge < -0.3 is 14.9 Å². The average molecular weight is 388 g/mol. The largest absolute Gasteiger partial charge is 0.507 e. The number of para-hydroxylation sites is 1. The van der Waals surface area contributed by atoms with Gasteiger partial charge in [-0.25, -0.2) is 4.79 Å². The van der Waals surface area contributed by atoms with Crippen molar-refractivity contribution in [1.29, 1.82) is 0 Å². The van der Waals surface area contributed by atoms with Crippen LogP contribution in [0, 0.1) is 0 Å². The summed E-state index contributed by atoms with van der Waals surface area (Å²) in [5.74, 6) is -4.42. The molecule has 1 fully saturated rings. The predicted molar refractivity (Wildman–Crippen MR) is 96.9 cm³/mol. The van der Waals surface area contributed by atoms with Crippen LogP contribution in [-0.4, -0.2) is 40.7 Å². The lowest BCUT2D eigenvalue weighted by Crippen LogP contribution is -2.54. The molecule has 0 radical (unpaired) electrons. The molecule has 27 heavy (non-hydrogen) atoms. The maximum absolute atomic E-state index is 12.6. The van der Waals surface area contributed by atoms with Crippen LogP contribution in [0.5, 0.6) is 0 Å². The Balaban J connectivity index is 2.28. The Bertz CT molecular complexity index is 954. The van der Waals surface area contributed by atoms with E-state index in [0.29, 0.717) is 9.92 Å². The van der Waals surface area contributed by atoms with Crippen LogP contribution in [0.3, 0.4) is 0 Å². The smallest absolute Gasteiger partial charge is 0.365 e. The first-order valence-electron chi connectivity index (χ1n) is 7.76. The number of ether oxygens (including phenoxy) is 1. The number of aliphatic hydroxyl groups excluding tert-OH is 1. The van der Waals surface area contributed by atoms with Crippen molar-refractivity contribution in [2.24, 2.45) is 0 Å². The third-order valence-corrected chi connectivity index (χ3v) is 4.39. The van der Waals surface area contributed by atoms with Gasteiger partial charge >= 0.3 is 11.9 Å². The number of rotatable bonds is 3. The number of Topliss-reactive ketones (excluding diaryl/α,β-unsaturated/α-hetero) is 1. The quantitative estimate of drug-likeness (QED) is 0.361. The summed E-state index contributed by atoms with van der Waals surface area (Å²) >= 11 is 5.81. The number of amides is 1. The van der Waals surface area contributed by atoms with Gasteiger partial charge in [0.1, 0.15) is 11.3 Å². The highest BCUT2D eigenvalue weighted by Crippen LogP contribution is 2.39. The summed E-state index contributed by atoms with van der Waals surface area (Å²) in [4.78, 5) is 38.2. The van der Waals surface area contributed by atoms with Gasteiger partial charge in [0.25, 0.3) is 11.5 Å². The molecule has 8 heteroatoms. The first kappa shape index (κ1) is 18.6. The van der Waals surface area contributed by atoms with E-state index in [2.05, 4.69) is 4.74 Å². The molecule has 1 saturated heterocycles. The number of aliphatic hydroxyl groups is 2. The van der Waals surface area contributed by atoms with Crippen LogP contribution in [-0.2, 0) is 19.1 Å². The second-order valence-electron chi connectivity index (χ2n) is 5.70. The number of carbonyl (C=O) groups excluding carboxylic acids is 3. The van der Waals surface area contributed by atoms with E-state index in [4.69, 9.17) is 11.6 Å². The van der Waals surface area contributed by atoms with Gasteiger partial charge in [0.15, 0.2) is 0 Å². The fourth-order valence-corrected chi connectivity index (χ4v) is 2.99. The second kappa shape index (κ2) is 6.86. The van der Waals surface area contributed by atoms with E-state index >= 15 is 0 Å². The first-order valence-corrected chi connectivity index (χ1v) is 8.14. The van der Waals surface area contributed by atoms with Crippen LogP contribution in [0.25, 0.3) is 5.76 Å². The predicted octanol–water partition coefficient (Wildman–Crippen LogP) is 2.09. The number of methoxy groups -OCH3 is 1. The Labute approximate surface area is 159 Å². The molecule has 0 aliphatic carbocycles. The minimum atomic E-state index is -2.83. The van der Waals surface area contributed by atoms with Crippen molar-refractivity contribution in [1.82, 2.24) is 0 Å².